The number of ether oxygens (including phenoxy) is 1. The summed E-state index contributed by atoms with van der Waals surface area (Å²) in [6.07, 6.45) is 0.996. The summed E-state index contributed by atoms with van der Waals surface area (Å²) in [5, 5.41) is 6.75. The molecule has 1 atom stereocenters. The number of hydrogen-bond acceptors (Lipinski definition) is 4. The number of piperazine rings is 1. The van der Waals surface area contributed by atoms with Crippen LogP contribution in [0.4, 0.5) is 0 Å². The monoisotopic (exact) mass is 403 g/mol. The Labute approximate surface area is 175 Å². The molecule has 0 aromatic heterocycles. The average molecular weight is 404 g/mol. The normalized spacial score (nSPS) is 16.4. The van der Waals surface area contributed by atoms with E-state index < -0.39 is 0 Å². The zero-order chi connectivity index (χ0) is 21.1. The molecule has 29 heavy (non-hydrogen) atoms. The van der Waals surface area contributed by atoms with Crippen molar-refractivity contribution in [1.29, 1.82) is 0 Å². The molecular formula is C22H37N5O2. The Bertz CT molecular complexity index is 639. The highest BCUT2D eigenvalue weighted by Gasteiger charge is 2.17. The summed E-state index contributed by atoms with van der Waals surface area (Å²) in [5.41, 5.74) is 1.31. The zero-order valence-electron chi connectivity index (χ0n) is 18.4. The van der Waals surface area contributed by atoms with Crippen LogP contribution in [0.3, 0.4) is 0 Å². The summed E-state index contributed by atoms with van der Waals surface area (Å²) in [5.74, 6) is 2.38. The van der Waals surface area contributed by atoms with Gasteiger partial charge in [-0.2, -0.15) is 0 Å². The molecule has 1 unspecified atom stereocenters. The van der Waals surface area contributed by atoms with Crippen molar-refractivity contribution in [2.45, 2.75) is 33.1 Å². The van der Waals surface area contributed by atoms with Crippen LogP contribution in [-0.4, -0.2) is 81.1 Å². The third kappa shape index (κ3) is 7.93. The minimum absolute atomic E-state index is 0.174. The third-order valence-electron chi connectivity index (χ3n) is 5.40. The lowest BCUT2D eigenvalue weighted by Gasteiger charge is -2.34. The highest BCUT2D eigenvalue weighted by molar-refractivity contribution is 5.79. The molecule has 0 saturated carbocycles. The van der Waals surface area contributed by atoms with Gasteiger partial charge in [-0.15, -0.1) is 0 Å². The van der Waals surface area contributed by atoms with Gasteiger partial charge in [-0.05, 0) is 37.0 Å². The molecule has 2 N–H and O–H groups in total. The van der Waals surface area contributed by atoms with E-state index in [0.29, 0.717) is 5.92 Å². The van der Waals surface area contributed by atoms with Crippen LogP contribution in [0.15, 0.2) is 29.3 Å². The minimum Gasteiger partial charge on any atom is -0.497 e. The number of carbonyl (C=O) groups is 1. The molecule has 0 spiro atoms. The number of methoxy groups -OCH3 is 1. The van der Waals surface area contributed by atoms with Crippen molar-refractivity contribution in [3.05, 3.63) is 29.8 Å². The Kier molecular flexibility index (Phi) is 9.77. The molecule has 2 rings (SSSR count). The molecule has 1 aromatic carbocycles. The number of nitrogens with zero attached hydrogens (tertiary/aromatic N) is 3. The number of hydrogen-bond donors (Lipinski definition) is 2. The van der Waals surface area contributed by atoms with Crippen LogP contribution in [0.1, 0.15) is 38.7 Å². The largest absolute Gasteiger partial charge is 0.497 e. The number of carbonyl (C=O) groups excluding carboxylic acids is 1. The zero-order valence-corrected chi connectivity index (χ0v) is 18.4. The van der Waals surface area contributed by atoms with Gasteiger partial charge in [0.15, 0.2) is 5.96 Å². The van der Waals surface area contributed by atoms with Gasteiger partial charge in [-0.25, -0.2) is 0 Å². The second-order valence-electron chi connectivity index (χ2n) is 7.50. The lowest BCUT2D eigenvalue weighted by Crippen LogP contribution is -2.50. The second-order valence-corrected chi connectivity index (χ2v) is 7.50. The Morgan fingerprint density at radius 3 is 2.45 bits per heavy atom. The van der Waals surface area contributed by atoms with Gasteiger partial charge in [0.25, 0.3) is 0 Å². The van der Waals surface area contributed by atoms with E-state index in [-0.39, 0.29) is 5.91 Å². The van der Waals surface area contributed by atoms with E-state index in [0.717, 1.165) is 70.5 Å². The van der Waals surface area contributed by atoms with Crippen molar-refractivity contribution in [2.24, 2.45) is 4.99 Å². The van der Waals surface area contributed by atoms with Gasteiger partial charge in [-0.1, -0.05) is 19.1 Å². The van der Waals surface area contributed by atoms with Crippen LogP contribution in [0.5, 0.6) is 5.75 Å². The number of rotatable bonds is 9. The lowest BCUT2D eigenvalue weighted by atomic mass is 9.98. The van der Waals surface area contributed by atoms with Gasteiger partial charge < -0.3 is 20.3 Å². The predicted octanol–water partition coefficient (Wildman–Crippen LogP) is 1.91. The number of guanidine groups is 1. The predicted molar refractivity (Wildman–Crippen MR) is 119 cm³/mol. The van der Waals surface area contributed by atoms with Crippen molar-refractivity contribution < 1.29 is 9.53 Å². The van der Waals surface area contributed by atoms with Crippen molar-refractivity contribution in [3.63, 3.8) is 0 Å². The Hall–Kier alpha value is -2.28. The highest BCUT2D eigenvalue weighted by atomic mass is 16.5. The maximum absolute atomic E-state index is 11.4. The first kappa shape index (κ1) is 23.0. The lowest BCUT2D eigenvalue weighted by molar-refractivity contribution is -0.130. The second kappa shape index (κ2) is 12.3. The van der Waals surface area contributed by atoms with E-state index in [4.69, 9.17) is 9.73 Å². The quantitative estimate of drug-likeness (QED) is 0.487. The summed E-state index contributed by atoms with van der Waals surface area (Å²) < 4.78 is 5.23. The first-order valence-corrected chi connectivity index (χ1v) is 10.7. The molecule has 1 fully saturated rings. The van der Waals surface area contributed by atoms with Gasteiger partial charge in [0, 0.05) is 59.3 Å². The molecule has 0 bridgehead atoms. The van der Waals surface area contributed by atoms with Crippen LogP contribution in [0.25, 0.3) is 0 Å². The van der Waals surface area contributed by atoms with Gasteiger partial charge >= 0.3 is 0 Å². The standard InChI is InChI=1S/C22H37N5O2/c1-5-23-22(25-12-13-26-14-16-27(17-15-26)19(3)28)24-11-10-18(2)20-6-8-21(29-4)9-7-20/h6-9,18H,5,10-17H2,1-4H3,(H2,23,24,25). The molecule has 1 aromatic rings. The Balaban J connectivity index is 1.72. The van der Waals surface area contributed by atoms with E-state index in [1.54, 1.807) is 14.0 Å². The van der Waals surface area contributed by atoms with E-state index in [9.17, 15) is 4.79 Å². The smallest absolute Gasteiger partial charge is 0.219 e. The van der Waals surface area contributed by atoms with Crippen molar-refractivity contribution in [1.82, 2.24) is 20.4 Å². The molecular weight excluding hydrogens is 366 g/mol. The molecule has 1 aliphatic rings. The Morgan fingerprint density at radius 1 is 1.17 bits per heavy atom. The molecule has 0 radical (unpaired) electrons. The summed E-state index contributed by atoms with van der Waals surface area (Å²) >= 11 is 0. The topological polar surface area (TPSA) is 69.2 Å². The molecule has 1 amide bonds. The summed E-state index contributed by atoms with van der Waals surface area (Å²) in [7, 11) is 1.69. The molecule has 1 saturated heterocycles. The summed E-state index contributed by atoms with van der Waals surface area (Å²) in [6, 6.07) is 8.28. The number of amides is 1. The van der Waals surface area contributed by atoms with Crippen LogP contribution in [-0.2, 0) is 4.79 Å². The maximum Gasteiger partial charge on any atom is 0.219 e. The molecule has 7 heteroatoms. The molecule has 0 aliphatic carbocycles. The molecule has 162 valence electrons. The fraction of sp³-hybridized carbons (Fsp3) is 0.636. The van der Waals surface area contributed by atoms with Crippen molar-refractivity contribution in [3.8, 4) is 5.75 Å². The fourth-order valence-electron chi connectivity index (χ4n) is 3.43. The van der Waals surface area contributed by atoms with Crippen molar-refractivity contribution in [2.75, 3.05) is 59.5 Å². The van der Waals surface area contributed by atoms with Gasteiger partial charge in [0.2, 0.25) is 5.91 Å². The highest BCUT2D eigenvalue weighted by Crippen LogP contribution is 2.21. The Morgan fingerprint density at radius 2 is 1.86 bits per heavy atom. The van der Waals surface area contributed by atoms with Crippen LogP contribution >= 0.6 is 0 Å². The van der Waals surface area contributed by atoms with E-state index in [1.807, 2.05) is 17.0 Å². The van der Waals surface area contributed by atoms with Crippen molar-refractivity contribution >= 4 is 11.9 Å². The van der Waals surface area contributed by atoms with Gasteiger partial charge in [-0.3, -0.25) is 14.7 Å². The third-order valence-corrected chi connectivity index (χ3v) is 5.40. The first-order valence-electron chi connectivity index (χ1n) is 10.7. The van der Waals surface area contributed by atoms with Gasteiger partial charge in [0.05, 0.1) is 7.11 Å². The average Bonchev–Trinajstić information content (AvgIpc) is 2.74. The SMILES string of the molecule is CCNC(=NCCC(C)c1ccc(OC)cc1)NCCN1CCN(C(C)=O)CC1. The van der Waals surface area contributed by atoms with Crippen LogP contribution in [0.2, 0.25) is 0 Å². The van der Waals surface area contributed by atoms with Crippen LogP contribution in [0, 0.1) is 0 Å². The summed E-state index contributed by atoms with van der Waals surface area (Å²) in [6.45, 7) is 12.9. The fourth-order valence-corrected chi connectivity index (χ4v) is 3.43. The molecule has 1 heterocycles. The summed E-state index contributed by atoms with van der Waals surface area (Å²) in [4.78, 5) is 20.4. The van der Waals surface area contributed by atoms with Gasteiger partial charge in [0.1, 0.15) is 5.75 Å². The minimum atomic E-state index is 0.174. The van der Waals surface area contributed by atoms with E-state index >= 15 is 0 Å². The van der Waals surface area contributed by atoms with E-state index in [2.05, 4.69) is 41.5 Å². The van der Waals surface area contributed by atoms with E-state index in [1.165, 1.54) is 5.56 Å². The van der Waals surface area contributed by atoms with Crippen LogP contribution < -0.4 is 15.4 Å². The first-order chi connectivity index (χ1) is 14.0. The molecule has 7 nitrogen and oxygen atoms in total. The molecule has 1 aliphatic heterocycles. The number of nitrogens with one attached hydrogen (secondary N) is 2. The number of benzene rings is 1. The maximum atomic E-state index is 11.4. The number of aliphatic imine (C=N–C) groups is 1.